The first kappa shape index (κ1) is 8.75. The Balaban J connectivity index is 2.96. The van der Waals surface area contributed by atoms with Crippen LogP contribution in [0.3, 0.4) is 0 Å². The van der Waals surface area contributed by atoms with Crippen molar-refractivity contribution in [3.63, 3.8) is 0 Å². The van der Waals surface area contributed by atoms with E-state index in [9.17, 15) is 4.39 Å². The van der Waals surface area contributed by atoms with Gasteiger partial charge >= 0.3 is 0 Å². The molecule has 0 heterocycles. The maximum atomic E-state index is 13.0. The van der Waals surface area contributed by atoms with E-state index < -0.39 is 0 Å². The summed E-state index contributed by atoms with van der Waals surface area (Å²) in [6.07, 6.45) is 0.670. The first-order chi connectivity index (χ1) is 5.25. The minimum Gasteiger partial charge on any atom is -0.205 e. The van der Waals surface area contributed by atoms with Crippen molar-refractivity contribution < 1.29 is 4.39 Å². The first-order valence-electron chi connectivity index (χ1n) is 3.33. The van der Waals surface area contributed by atoms with Gasteiger partial charge < -0.3 is 0 Å². The van der Waals surface area contributed by atoms with Crippen LogP contribution in [0.4, 0.5) is 4.39 Å². The summed E-state index contributed by atoms with van der Waals surface area (Å²) in [6, 6.07) is 5.79. The van der Waals surface area contributed by atoms with Gasteiger partial charge in [-0.1, -0.05) is 29.8 Å². The van der Waals surface area contributed by atoms with Crippen LogP contribution in [0.2, 0.25) is 11.1 Å². The smallest absolute Gasteiger partial charge is 0.144 e. The Labute approximate surface area is 73.8 Å². The SMILES string of the molecule is Fc1c(Cl)cccc1CC[Si]. The van der Waals surface area contributed by atoms with Crippen molar-refractivity contribution >= 4 is 21.8 Å². The largest absolute Gasteiger partial charge is 0.205 e. The van der Waals surface area contributed by atoms with Crippen LogP contribution in [0.25, 0.3) is 0 Å². The van der Waals surface area contributed by atoms with Crippen molar-refractivity contribution in [2.75, 3.05) is 0 Å². The van der Waals surface area contributed by atoms with E-state index in [1.165, 1.54) is 0 Å². The summed E-state index contributed by atoms with van der Waals surface area (Å²) in [5.74, 6) is -0.299. The highest BCUT2D eigenvalue weighted by Gasteiger charge is 2.03. The molecular formula is C8H7ClFSi. The van der Waals surface area contributed by atoms with Crippen molar-refractivity contribution in [1.82, 2.24) is 0 Å². The van der Waals surface area contributed by atoms with Gasteiger partial charge in [0.25, 0.3) is 0 Å². The molecule has 1 aromatic carbocycles. The molecule has 0 fully saturated rings. The van der Waals surface area contributed by atoms with E-state index in [0.29, 0.717) is 12.0 Å². The molecule has 3 radical (unpaired) electrons. The number of halogens is 2. The molecule has 0 atom stereocenters. The lowest BCUT2D eigenvalue weighted by molar-refractivity contribution is 0.612. The zero-order valence-electron chi connectivity index (χ0n) is 5.90. The lowest BCUT2D eigenvalue weighted by Crippen LogP contribution is -1.90. The summed E-state index contributed by atoms with van der Waals surface area (Å²) in [5, 5.41) is 0.197. The Bertz CT molecular complexity index is 250. The average Bonchev–Trinajstić information content (AvgIpc) is 1.99. The number of aryl methyl sites for hydroxylation is 1. The summed E-state index contributed by atoms with van der Waals surface area (Å²) in [4.78, 5) is 0. The van der Waals surface area contributed by atoms with Crippen LogP contribution < -0.4 is 0 Å². The van der Waals surface area contributed by atoms with Crippen molar-refractivity contribution in [3.05, 3.63) is 34.6 Å². The van der Waals surface area contributed by atoms with Crippen molar-refractivity contribution in [2.45, 2.75) is 12.5 Å². The maximum absolute atomic E-state index is 13.0. The second-order valence-electron chi connectivity index (χ2n) is 2.21. The molecule has 0 saturated carbocycles. The molecule has 0 bridgehead atoms. The Morgan fingerprint density at radius 3 is 2.82 bits per heavy atom. The van der Waals surface area contributed by atoms with Crippen LogP contribution in [-0.4, -0.2) is 10.2 Å². The monoisotopic (exact) mass is 185 g/mol. The highest BCUT2D eigenvalue weighted by atomic mass is 35.5. The first-order valence-corrected chi connectivity index (χ1v) is 4.41. The lowest BCUT2D eigenvalue weighted by atomic mass is 10.1. The second-order valence-corrected chi connectivity index (χ2v) is 3.12. The van der Waals surface area contributed by atoms with Gasteiger partial charge in [0.15, 0.2) is 0 Å². The number of rotatable bonds is 2. The van der Waals surface area contributed by atoms with Gasteiger partial charge in [-0.3, -0.25) is 0 Å². The predicted octanol–water partition coefficient (Wildman–Crippen LogP) is 2.61. The highest BCUT2D eigenvalue weighted by molar-refractivity contribution is 6.30. The van der Waals surface area contributed by atoms with Crippen LogP contribution in [0, 0.1) is 5.82 Å². The summed E-state index contributed by atoms with van der Waals surface area (Å²) in [7, 11) is 3.28. The molecule has 0 aliphatic rings. The summed E-state index contributed by atoms with van der Waals surface area (Å²) >= 11 is 5.56. The second kappa shape index (κ2) is 3.88. The molecular weight excluding hydrogens is 179 g/mol. The molecule has 0 spiro atoms. The Morgan fingerprint density at radius 2 is 2.18 bits per heavy atom. The quantitative estimate of drug-likeness (QED) is 0.622. The van der Waals surface area contributed by atoms with E-state index >= 15 is 0 Å². The number of hydrogen-bond acceptors (Lipinski definition) is 0. The molecule has 0 saturated heterocycles. The minimum atomic E-state index is -0.299. The van der Waals surface area contributed by atoms with Crippen LogP contribution in [0.15, 0.2) is 18.2 Å². The van der Waals surface area contributed by atoms with Gasteiger partial charge in [-0.05, 0) is 18.1 Å². The van der Waals surface area contributed by atoms with E-state index in [2.05, 4.69) is 10.2 Å². The minimum absolute atomic E-state index is 0.197. The molecule has 57 valence electrons. The zero-order valence-corrected chi connectivity index (χ0v) is 7.66. The molecule has 0 unspecified atom stereocenters. The molecule has 0 nitrogen and oxygen atoms in total. The predicted molar refractivity (Wildman–Crippen MR) is 45.7 cm³/mol. The summed E-state index contributed by atoms with van der Waals surface area (Å²) in [6.45, 7) is 0. The molecule has 0 N–H and O–H groups in total. The van der Waals surface area contributed by atoms with E-state index in [-0.39, 0.29) is 10.8 Å². The fraction of sp³-hybridized carbons (Fsp3) is 0.250. The number of benzene rings is 1. The molecule has 0 amide bonds. The summed E-state index contributed by atoms with van der Waals surface area (Å²) < 4.78 is 13.0. The molecule has 0 aromatic heterocycles. The molecule has 0 aliphatic carbocycles. The van der Waals surface area contributed by atoms with Crippen LogP contribution in [0.5, 0.6) is 0 Å². The van der Waals surface area contributed by atoms with E-state index in [0.717, 1.165) is 6.04 Å². The zero-order chi connectivity index (χ0) is 8.27. The normalized spacial score (nSPS) is 10.1. The Hall–Kier alpha value is -0.343. The van der Waals surface area contributed by atoms with Crippen molar-refractivity contribution in [2.24, 2.45) is 0 Å². The molecule has 3 heteroatoms. The standard InChI is InChI=1S/C8H7ClFSi/c9-7-3-1-2-6(4-5-11)8(7)10/h1-3H,4-5H2. The van der Waals surface area contributed by atoms with Gasteiger partial charge in [-0.2, -0.15) is 0 Å². The third-order valence-corrected chi connectivity index (χ3v) is 1.97. The fourth-order valence-corrected chi connectivity index (χ4v) is 1.34. The van der Waals surface area contributed by atoms with Crippen LogP contribution in [-0.2, 0) is 6.42 Å². The van der Waals surface area contributed by atoms with Crippen molar-refractivity contribution in [1.29, 1.82) is 0 Å². The third kappa shape index (κ3) is 2.04. The fourth-order valence-electron chi connectivity index (χ4n) is 0.876. The Kier molecular flexibility index (Phi) is 3.09. The number of hydrogen-bond donors (Lipinski definition) is 0. The highest BCUT2D eigenvalue weighted by Crippen LogP contribution is 2.18. The molecule has 0 aliphatic heterocycles. The average molecular weight is 186 g/mol. The van der Waals surface area contributed by atoms with E-state index in [1.807, 2.05) is 0 Å². The van der Waals surface area contributed by atoms with Gasteiger partial charge in [-0.15, -0.1) is 0 Å². The van der Waals surface area contributed by atoms with E-state index in [4.69, 9.17) is 11.6 Å². The molecule has 1 aromatic rings. The lowest BCUT2D eigenvalue weighted by Gasteiger charge is -2.00. The maximum Gasteiger partial charge on any atom is 0.144 e. The van der Waals surface area contributed by atoms with Crippen molar-refractivity contribution in [3.8, 4) is 0 Å². The van der Waals surface area contributed by atoms with Gasteiger partial charge in [0, 0.05) is 10.2 Å². The van der Waals surface area contributed by atoms with Gasteiger partial charge in [0.1, 0.15) is 5.82 Å². The van der Waals surface area contributed by atoms with Gasteiger partial charge in [-0.25, -0.2) is 4.39 Å². The van der Waals surface area contributed by atoms with Crippen LogP contribution >= 0.6 is 11.6 Å². The van der Waals surface area contributed by atoms with Crippen LogP contribution in [0.1, 0.15) is 5.56 Å². The third-order valence-electron chi connectivity index (χ3n) is 1.43. The van der Waals surface area contributed by atoms with E-state index in [1.54, 1.807) is 18.2 Å². The Morgan fingerprint density at radius 1 is 1.45 bits per heavy atom. The topological polar surface area (TPSA) is 0 Å². The molecule has 11 heavy (non-hydrogen) atoms. The molecule has 1 rings (SSSR count). The van der Waals surface area contributed by atoms with Gasteiger partial charge in [0.05, 0.1) is 5.02 Å². The van der Waals surface area contributed by atoms with Gasteiger partial charge in [0.2, 0.25) is 0 Å². The summed E-state index contributed by atoms with van der Waals surface area (Å²) in [5.41, 5.74) is 0.660.